The zero-order chi connectivity index (χ0) is 15.2. The van der Waals surface area contributed by atoms with Gasteiger partial charge in [-0.1, -0.05) is 46.6 Å². The molecule has 2 rings (SSSR count). The molecular weight excluding hydrogens is 414 g/mol. The minimum Gasteiger partial charge on any atom is -0.488 e. The summed E-state index contributed by atoms with van der Waals surface area (Å²) in [5, 5.41) is 0.732. The number of hydrogen-bond donors (Lipinski definition) is 0. The molecule has 0 saturated heterocycles. The molecule has 0 unspecified atom stereocenters. The standard InChI is InChI=1S/C15H10BrCl3OS/c16-13-9-12(21-11-3-1-10(17)2-4-11)5-6-14(13)20-8-7-15(18)19/h1-7,9H,8H2. The fourth-order valence-electron chi connectivity index (χ4n) is 1.50. The number of ether oxygens (including phenoxy) is 1. The number of halogens is 4. The van der Waals surface area contributed by atoms with Gasteiger partial charge in [-0.25, -0.2) is 0 Å². The van der Waals surface area contributed by atoms with Crippen LogP contribution in [0.25, 0.3) is 0 Å². The van der Waals surface area contributed by atoms with Crippen molar-refractivity contribution >= 4 is 62.5 Å². The molecule has 0 radical (unpaired) electrons. The Kier molecular flexibility index (Phi) is 6.77. The van der Waals surface area contributed by atoms with E-state index in [1.165, 1.54) is 0 Å². The van der Waals surface area contributed by atoms with Crippen LogP contribution < -0.4 is 4.74 Å². The lowest BCUT2D eigenvalue weighted by atomic mass is 10.3. The molecule has 0 spiro atoms. The second kappa shape index (κ2) is 8.35. The Hall–Kier alpha value is -0.320. The second-order valence-electron chi connectivity index (χ2n) is 3.95. The Labute approximate surface area is 151 Å². The zero-order valence-electron chi connectivity index (χ0n) is 10.7. The third-order valence-corrected chi connectivity index (χ3v) is 4.61. The van der Waals surface area contributed by atoms with E-state index in [0.29, 0.717) is 6.61 Å². The van der Waals surface area contributed by atoms with Crippen molar-refractivity contribution in [2.75, 3.05) is 6.61 Å². The van der Waals surface area contributed by atoms with Gasteiger partial charge in [-0.2, -0.15) is 0 Å². The zero-order valence-corrected chi connectivity index (χ0v) is 15.3. The van der Waals surface area contributed by atoms with E-state index in [0.717, 1.165) is 25.0 Å². The fraction of sp³-hybridized carbons (Fsp3) is 0.0667. The lowest BCUT2D eigenvalue weighted by molar-refractivity contribution is 0.360. The molecule has 0 bridgehead atoms. The van der Waals surface area contributed by atoms with E-state index in [4.69, 9.17) is 39.5 Å². The summed E-state index contributed by atoms with van der Waals surface area (Å²) >= 11 is 22.1. The molecule has 0 saturated carbocycles. The van der Waals surface area contributed by atoms with E-state index >= 15 is 0 Å². The molecule has 0 heterocycles. The van der Waals surface area contributed by atoms with Crippen LogP contribution in [0.4, 0.5) is 0 Å². The van der Waals surface area contributed by atoms with Crippen LogP contribution in [0.15, 0.2) is 67.3 Å². The predicted molar refractivity (Wildman–Crippen MR) is 95.0 cm³/mol. The molecule has 21 heavy (non-hydrogen) atoms. The normalized spacial score (nSPS) is 10.3. The van der Waals surface area contributed by atoms with Crippen molar-refractivity contribution in [3.63, 3.8) is 0 Å². The average Bonchev–Trinajstić information content (AvgIpc) is 2.43. The largest absolute Gasteiger partial charge is 0.488 e. The lowest BCUT2D eigenvalue weighted by Crippen LogP contribution is -1.94. The first kappa shape index (κ1) is 17.0. The minimum absolute atomic E-state index is 0.195. The third kappa shape index (κ3) is 5.76. The van der Waals surface area contributed by atoms with Crippen molar-refractivity contribution < 1.29 is 4.74 Å². The first-order valence-corrected chi connectivity index (χ1v) is 8.66. The smallest absolute Gasteiger partial charge is 0.134 e. The Bertz CT molecular complexity index is 640. The number of rotatable bonds is 5. The van der Waals surface area contributed by atoms with Gasteiger partial charge in [-0.05, 0) is 64.5 Å². The summed E-state index contributed by atoms with van der Waals surface area (Å²) in [6.07, 6.45) is 1.59. The van der Waals surface area contributed by atoms with E-state index in [9.17, 15) is 0 Å². The van der Waals surface area contributed by atoms with Crippen LogP contribution in [0.5, 0.6) is 5.75 Å². The second-order valence-corrected chi connectivity index (χ2v) is 7.40. The fourth-order valence-corrected chi connectivity index (χ4v) is 3.25. The van der Waals surface area contributed by atoms with Crippen LogP contribution in [0.2, 0.25) is 5.02 Å². The quantitative estimate of drug-likeness (QED) is 0.513. The molecule has 0 aliphatic rings. The maximum atomic E-state index is 5.87. The van der Waals surface area contributed by atoms with Crippen LogP contribution in [0.3, 0.4) is 0 Å². The monoisotopic (exact) mass is 422 g/mol. The maximum Gasteiger partial charge on any atom is 0.134 e. The van der Waals surface area contributed by atoms with E-state index in [1.807, 2.05) is 42.5 Å². The van der Waals surface area contributed by atoms with Gasteiger partial charge in [0.1, 0.15) is 16.8 Å². The summed E-state index contributed by atoms with van der Waals surface area (Å²) in [4.78, 5) is 2.22. The van der Waals surface area contributed by atoms with Gasteiger partial charge >= 0.3 is 0 Å². The summed E-state index contributed by atoms with van der Waals surface area (Å²) in [6, 6.07) is 13.6. The molecule has 0 aliphatic carbocycles. The summed E-state index contributed by atoms with van der Waals surface area (Å²) in [6.45, 7) is 0.324. The highest BCUT2D eigenvalue weighted by Gasteiger charge is 2.04. The van der Waals surface area contributed by atoms with Crippen molar-refractivity contribution in [1.29, 1.82) is 0 Å². The van der Waals surface area contributed by atoms with Gasteiger partial charge in [0.2, 0.25) is 0 Å². The van der Waals surface area contributed by atoms with E-state index in [1.54, 1.807) is 17.8 Å². The van der Waals surface area contributed by atoms with Crippen molar-refractivity contribution in [3.8, 4) is 5.75 Å². The van der Waals surface area contributed by atoms with Gasteiger partial charge in [0.25, 0.3) is 0 Å². The SMILES string of the molecule is ClC(Cl)=CCOc1ccc(Sc2ccc(Cl)cc2)cc1Br. The molecule has 0 N–H and O–H groups in total. The van der Waals surface area contributed by atoms with Crippen molar-refractivity contribution in [2.45, 2.75) is 9.79 Å². The van der Waals surface area contributed by atoms with Gasteiger partial charge in [0, 0.05) is 14.8 Å². The summed E-state index contributed by atoms with van der Waals surface area (Å²) < 4.78 is 6.62. The molecule has 1 nitrogen and oxygen atoms in total. The number of benzene rings is 2. The van der Waals surface area contributed by atoms with Crippen molar-refractivity contribution in [1.82, 2.24) is 0 Å². The van der Waals surface area contributed by atoms with Gasteiger partial charge < -0.3 is 4.74 Å². The Balaban J connectivity index is 2.04. The highest BCUT2D eigenvalue weighted by molar-refractivity contribution is 9.10. The maximum absolute atomic E-state index is 5.87. The topological polar surface area (TPSA) is 9.23 Å². The summed E-state index contributed by atoms with van der Waals surface area (Å²) in [5.41, 5.74) is 0. The average molecular weight is 425 g/mol. The van der Waals surface area contributed by atoms with Gasteiger partial charge in [-0.15, -0.1) is 0 Å². The molecule has 0 aromatic heterocycles. The molecule has 6 heteroatoms. The molecule has 0 fully saturated rings. The highest BCUT2D eigenvalue weighted by atomic mass is 79.9. The third-order valence-electron chi connectivity index (χ3n) is 2.43. The molecule has 0 aliphatic heterocycles. The van der Waals surface area contributed by atoms with Crippen LogP contribution in [0, 0.1) is 0 Å². The summed E-state index contributed by atoms with van der Waals surface area (Å²) in [5.74, 6) is 0.737. The van der Waals surface area contributed by atoms with E-state index < -0.39 is 0 Å². The molecule has 0 atom stereocenters. The first-order chi connectivity index (χ1) is 10.0. The Morgan fingerprint density at radius 2 is 1.76 bits per heavy atom. The van der Waals surface area contributed by atoms with Crippen LogP contribution in [-0.4, -0.2) is 6.61 Å². The lowest BCUT2D eigenvalue weighted by Gasteiger charge is -2.08. The molecule has 0 amide bonds. The molecule has 2 aromatic rings. The van der Waals surface area contributed by atoms with Crippen LogP contribution in [0.1, 0.15) is 0 Å². The van der Waals surface area contributed by atoms with Crippen molar-refractivity contribution in [2.24, 2.45) is 0 Å². The van der Waals surface area contributed by atoms with Gasteiger partial charge in [-0.3, -0.25) is 0 Å². The molecule has 2 aromatic carbocycles. The molecule has 110 valence electrons. The minimum atomic E-state index is 0.195. The highest BCUT2D eigenvalue weighted by Crippen LogP contribution is 2.34. The Morgan fingerprint density at radius 1 is 1.10 bits per heavy atom. The van der Waals surface area contributed by atoms with Crippen LogP contribution >= 0.6 is 62.5 Å². The van der Waals surface area contributed by atoms with Gasteiger partial charge in [0.15, 0.2) is 0 Å². The number of hydrogen-bond acceptors (Lipinski definition) is 2. The summed E-state index contributed by atoms with van der Waals surface area (Å²) in [7, 11) is 0. The molecular formula is C15H10BrCl3OS. The van der Waals surface area contributed by atoms with E-state index in [-0.39, 0.29) is 4.49 Å². The first-order valence-electron chi connectivity index (χ1n) is 5.91. The van der Waals surface area contributed by atoms with Crippen molar-refractivity contribution in [3.05, 3.63) is 62.5 Å². The van der Waals surface area contributed by atoms with E-state index in [2.05, 4.69) is 15.9 Å². The Morgan fingerprint density at radius 3 is 2.38 bits per heavy atom. The van der Waals surface area contributed by atoms with Gasteiger partial charge in [0.05, 0.1) is 4.47 Å². The predicted octanol–water partition coefficient (Wildman–Crippen LogP) is 6.95. The van der Waals surface area contributed by atoms with Crippen LogP contribution in [-0.2, 0) is 0 Å².